The first-order chi connectivity index (χ1) is 10.3. The molecule has 21 heavy (non-hydrogen) atoms. The van der Waals surface area contributed by atoms with E-state index in [1.165, 1.54) is 10.9 Å². The molecule has 1 fully saturated rings. The number of amides is 1. The summed E-state index contributed by atoms with van der Waals surface area (Å²) < 4.78 is 0. The van der Waals surface area contributed by atoms with Gasteiger partial charge in [0.1, 0.15) is 0 Å². The maximum absolute atomic E-state index is 12.5. The van der Waals surface area contributed by atoms with Crippen molar-refractivity contribution in [3.05, 3.63) is 36.0 Å². The number of H-pyrrole nitrogens is 1. The molecule has 1 aliphatic rings. The van der Waals surface area contributed by atoms with Crippen LogP contribution < -0.4 is 5.32 Å². The highest BCUT2D eigenvalue weighted by atomic mass is 16.2. The van der Waals surface area contributed by atoms with Crippen LogP contribution in [0.15, 0.2) is 30.5 Å². The van der Waals surface area contributed by atoms with Crippen molar-refractivity contribution in [2.24, 2.45) is 0 Å². The molecule has 1 aromatic heterocycles. The molecule has 1 saturated heterocycles. The quantitative estimate of drug-likeness (QED) is 0.855. The molecule has 3 rings (SSSR count). The number of nitrogens with zero attached hydrogens (tertiary/aromatic N) is 1. The predicted molar refractivity (Wildman–Crippen MR) is 85.3 cm³/mol. The maximum Gasteiger partial charge on any atom is 0.223 e. The minimum absolute atomic E-state index is 0.286. The van der Waals surface area contributed by atoms with Crippen molar-refractivity contribution in [1.29, 1.82) is 0 Å². The first-order valence-corrected chi connectivity index (χ1v) is 7.84. The number of rotatable bonds is 6. The van der Waals surface area contributed by atoms with E-state index in [2.05, 4.69) is 34.3 Å². The molecule has 4 nitrogen and oxygen atoms in total. The van der Waals surface area contributed by atoms with Crippen molar-refractivity contribution >= 4 is 16.8 Å². The highest BCUT2D eigenvalue weighted by molar-refractivity contribution is 5.84. The van der Waals surface area contributed by atoms with Crippen LogP contribution in [0.25, 0.3) is 10.9 Å². The van der Waals surface area contributed by atoms with Crippen LogP contribution in [0.4, 0.5) is 0 Å². The summed E-state index contributed by atoms with van der Waals surface area (Å²) in [5.41, 5.74) is 2.38. The van der Waals surface area contributed by atoms with Crippen molar-refractivity contribution in [1.82, 2.24) is 15.2 Å². The van der Waals surface area contributed by atoms with Gasteiger partial charge in [-0.3, -0.25) is 4.79 Å². The second-order valence-corrected chi connectivity index (χ2v) is 5.76. The summed E-state index contributed by atoms with van der Waals surface area (Å²) in [7, 11) is 0. The third kappa shape index (κ3) is 2.95. The van der Waals surface area contributed by atoms with Gasteiger partial charge in [-0.05, 0) is 24.5 Å². The molecule has 0 aliphatic carbocycles. The summed E-state index contributed by atoms with van der Waals surface area (Å²) in [6.07, 6.45) is 4.46. The number of carbonyl (C=O) groups excluding carboxylic acids is 1. The Kier molecular flexibility index (Phi) is 4.25. The van der Waals surface area contributed by atoms with Crippen LogP contribution in [0.2, 0.25) is 0 Å². The second-order valence-electron chi connectivity index (χ2n) is 5.76. The highest BCUT2D eigenvalue weighted by Gasteiger charge is 2.27. The van der Waals surface area contributed by atoms with Gasteiger partial charge in [-0.15, -0.1) is 0 Å². The summed E-state index contributed by atoms with van der Waals surface area (Å²) in [6.45, 7) is 4.89. The van der Waals surface area contributed by atoms with E-state index in [9.17, 15) is 4.79 Å². The predicted octanol–water partition coefficient (Wildman–Crippen LogP) is 2.31. The van der Waals surface area contributed by atoms with E-state index in [0.717, 1.165) is 38.0 Å². The Morgan fingerprint density at radius 2 is 2.14 bits per heavy atom. The molecule has 0 unspecified atom stereocenters. The standard InChI is InChI=1S/C17H23N3O/c1-2-9-20(14-11-18-12-14)17(21)8-7-13-10-19-16-6-4-3-5-15(13)16/h3-6,10,14,18-19H,2,7-9,11-12H2,1H3. The number of fused-ring (bicyclic) bond motifs is 1. The third-order valence-corrected chi connectivity index (χ3v) is 4.27. The van der Waals surface area contributed by atoms with E-state index in [4.69, 9.17) is 0 Å². The lowest BCUT2D eigenvalue weighted by molar-refractivity contribution is -0.134. The van der Waals surface area contributed by atoms with Gasteiger partial charge < -0.3 is 15.2 Å². The van der Waals surface area contributed by atoms with Gasteiger partial charge >= 0.3 is 0 Å². The highest BCUT2D eigenvalue weighted by Crippen LogP contribution is 2.19. The van der Waals surface area contributed by atoms with Crippen LogP contribution in [-0.4, -0.2) is 41.5 Å². The molecule has 0 radical (unpaired) electrons. The molecule has 2 heterocycles. The summed E-state index contributed by atoms with van der Waals surface area (Å²) in [6, 6.07) is 8.67. The number of nitrogens with one attached hydrogen (secondary N) is 2. The molecule has 0 atom stereocenters. The zero-order valence-corrected chi connectivity index (χ0v) is 12.6. The lowest BCUT2D eigenvalue weighted by atomic mass is 10.1. The van der Waals surface area contributed by atoms with Gasteiger partial charge in [-0.1, -0.05) is 25.1 Å². The summed E-state index contributed by atoms with van der Waals surface area (Å²) in [5, 5.41) is 4.48. The van der Waals surface area contributed by atoms with Crippen molar-refractivity contribution in [2.45, 2.75) is 32.2 Å². The molecule has 1 aliphatic heterocycles. The van der Waals surface area contributed by atoms with Gasteiger partial charge in [0.15, 0.2) is 0 Å². The number of para-hydroxylation sites is 1. The molecule has 1 amide bonds. The molecule has 2 aromatic rings. The van der Waals surface area contributed by atoms with Crippen molar-refractivity contribution in [3.63, 3.8) is 0 Å². The lowest BCUT2D eigenvalue weighted by Crippen LogP contribution is -2.59. The zero-order valence-electron chi connectivity index (χ0n) is 12.6. The van der Waals surface area contributed by atoms with Crippen LogP contribution in [0.3, 0.4) is 0 Å². The van der Waals surface area contributed by atoms with Gasteiger partial charge in [0.25, 0.3) is 0 Å². The molecule has 1 aromatic carbocycles. The Hall–Kier alpha value is -1.81. The van der Waals surface area contributed by atoms with Crippen LogP contribution in [0.1, 0.15) is 25.3 Å². The van der Waals surface area contributed by atoms with Gasteiger partial charge in [0.2, 0.25) is 5.91 Å². The average Bonchev–Trinajstić information content (AvgIpc) is 2.86. The first kappa shape index (κ1) is 14.1. The molecule has 112 valence electrons. The Morgan fingerprint density at radius 1 is 1.33 bits per heavy atom. The summed E-state index contributed by atoms with van der Waals surface area (Å²) in [4.78, 5) is 17.8. The van der Waals surface area contributed by atoms with Gasteiger partial charge in [-0.2, -0.15) is 0 Å². The molecule has 0 saturated carbocycles. The van der Waals surface area contributed by atoms with Gasteiger partial charge in [0.05, 0.1) is 6.04 Å². The number of hydrogen-bond acceptors (Lipinski definition) is 2. The largest absolute Gasteiger partial charge is 0.361 e. The second kappa shape index (κ2) is 6.31. The smallest absolute Gasteiger partial charge is 0.223 e. The zero-order chi connectivity index (χ0) is 14.7. The topological polar surface area (TPSA) is 48.1 Å². The number of benzene rings is 1. The number of aromatic nitrogens is 1. The number of hydrogen-bond donors (Lipinski definition) is 2. The Morgan fingerprint density at radius 3 is 2.86 bits per heavy atom. The van der Waals surface area contributed by atoms with E-state index < -0.39 is 0 Å². The monoisotopic (exact) mass is 285 g/mol. The molecular weight excluding hydrogens is 262 g/mol. The first-order valence-electron chi connectivity index (χ1n) is 7.84. The van der Waals surface area contributed by atoms with Crippen LogP contribution >= 0.6 is 0 Å². The van der Waals surface area contributed by atoms with Crippen LogP contribution in [0.5, 0.6) is 0 Å². The number of aryl methyl sites for hydroxylation is 1. The fourth-order valence-electron chi connectivity index (χ4n) is 2.97. The van der Waals surface area contributed by atoms with E-state index in [-0.39, 0.29) is 5.91 Å². The molecular formula is C17H23N3O. The fourth-order valence-corrected chi connectivity index (χ4v) is 2.97. The molecule has 2 N–H and O–H groups in total. The summed E-state index contributed by atoms with van der Waals surface area (Å²) in [5.74, 6) is 0.286. The SMILES string of the molecule is CCCN(C(=O)CCc1c[nH]c2ccccc12)C1CNC1. The summed E-state index contributed by atoms with van der Waals surface area (Å²) >= 11 is 0. The molecule has 0 spiro atoms. The molecule has 4 heteroatoms. The van der Waals surface area contributed by atoms with Crippen molar-refractivity contribution in [3.8, 4) is 0 Å². The van der Waals surface area contributed by atoms with Crippen molar-refractivity contribution in [2.75, 3.05) is 19.6 Å². The Balaban J connectivity index is 1.64. The van der Waals surface area contributed by atoms with E-state index in [1.807, 2.05) is 18.3 Å². The Bertz CT molecular complexity index is 615. The van der Waals surface area contributed by atoms with Crippen LogP contribution in [-0.2, 0) is 11.2 Å². The number of carbonyl (C=O) groups is 1. The minimum Gasteiger partial charge on any atom is -0.361 e. The van der Waals surface area contributed by atoms with E-state index >= 15 is 0 Å². The molecule has 0 bridgehead atoms. The number of aromatic amines is 1. The van der Waals surface area contributed by atoms with Gasteiger partial charge in [-0.25, -0.2) is 0 Å². The average molecular weight is 285 g/mol. The van der Waals surface area contributed by atoms with E-state index in [0.29, 0.717) is 12.5 Å². The van der Waals surface area contributed by atoms with Crippen LogP contribution in [0, 0.1) is 0 Å². The minimum atomic E-state index is 0.286. The lowest BCUT2D eigenvalue weighted by Gasteiger charge is -2.38. The third-order valence-electron chi connectivity index (χ3n) is 4.27. The van der Waals surface area contributed by atoms with Crippen molar-refractivity contribution < 1.29 is 4.79 Å². The normalized spacial score (nSPS) is 15.1. The van der Waals surface area contributed by atoms with E-state index in [1.54, 1.807) is 0 Å². The fraction of sp³-hybridized carbons (Fsp3) is 0.471. The maximum atomic E-state index is 12.5. The van der Waals surface area contributed by atoms with Gasteiger partial charge in [0, 0.05) is 43.2 Å². The Labute approximate surface area is 125 Å².